The highest BCUT2D eigenvalue weighted by atomic mass is 32.2. The first-order valence-electron chi connectivity index (χ1n) is 6.82. The van der Waals surface area contributed by atoms with E-state index in [1.165, 1.54) is 0 Å². The molecule has 5 atom stereocenters. The second kappa shape index (κ2) is 2.90. The molecule has 5 heteroatoms. The molecule has 5 unspecified atom stereocenters. The molecule has 0 radical (unpaired) electrons. The molecule has 4 nitrogen and oxygen atoms in total. The number of sulfonamides is 1. The molecule has 4 aliphatic carbocycles. The normalized spacial score (nSPS) is 49.3. The summed E-state index contributed by atoms with van der Waals surface area (Å²) in [5, 5.41) is 10.0. The maximum atomic E-state index is 12.7. The van der Waals surface area contributed by atoms with Gasteiger partial charge < -0.3 is 5.11 Å². The average Bonchev–Trinajstić information content (AvgIpc) is 2.60. The summed E-state index contributed by atoms with van der Waals surface area (Å²) in [6.07, 6.45) is -0.241. The maximum Gasteiger partial charge on any atom is 0.243 e. The third-order valence-electron chi connectivity index (χ3n) is 5.74. The number of aryl methyl sites for hydroxylation is 1. The van der Waals surface area contributed by atoms with Crippen molar-refractivity contribution >= 4 is 10.0 Å². The van der Waals surface area contributed by atoms with E-state index in [2.05, 4.69) is 0 Å². The fraction of sp³-hybridized carbons (Fsp3) is 0.571. The van der Waals surface area contributed by atoms with Gasteiger partial charge in [0.25, 0.3) is 0 Å². The van der Waals surface area contributed by atoms with E-state index in [4.69, 9.17) is 0 Å². The van der Waals surface area contributed by atoms with Crippen LogP contribution in [-0.2, 0) is 10.0 Å². The zero-order valence-electron chi connectivity index (χ0n) is 10.5. The smallest absolute Gasteiger partial charge is 0.243 e. The molecule has 0 amide bonds. The first kappa shape index (κ1) is 10.8. The van der Waals surface area contributed by atoms with Gasteiger partial charge >= 0.3 is 0 Å². The second-order valence-electron chi connectivity index (χ2n) is 6.43. The predicted octanol–water partition coefficient (Wildman–Crippen LogP) is 0.603. The summed E-state index contributed by atoms with van der Waals surface area (Å²) in [5.74, 6) is 1.53. The van der Waals surface area contributed by atoms with Gasteiger partial charge in [0.15, 0.2) is 0 Å². The van der Waals surface area contributed by atoms with Crippen molar-refractivity contribution in [3.8, 4) is 0 Å². The molecular weight excluding hydrogens is 262 g/mol. The van der Waals surface area contributed by atoms with Crippen LogP contribution in [0, 0.1) is 30.6 Å². The second-order valence-corrected chi connectivity index (χ2v) is 8.27. The fourth-order valence-corrected chi connectivity index (χ4v) is 6.98. The summed E-state index contributed by atoms with van der Waals surface area (Å²) in [6, 6.07) is 7.22. The van der Waals surface area contributed by atoms with E-state index in [1.54, 1.807) is 16.4 Å². The number of aliphatic hydroxyl groups excluding tert-OH is 1. The van der Waals surface area contributed by atoms with Crippen LogP contribution in [0.25, 0.3) is 0 Å². The lowest BCUT2D eigenvalue weighted by Crippen LogP contribution is -2.61. The summed E-state index contributed by atoms with van der Waals surface area (Å²) >= 11 is 0. The molecular formula is C14H15NO3S. The highest BCUT2D eigenvalue weighted by Crippen LogP contribution is 2.79. The van der Waals surface area contributed by atoms with Crippen LogP contribution in [0.2, 0.25) is 0 Å². The van der Waals surface area contributed by atoms with Gasteiger partial charge in [-0.2, -0.15) is 4.31 Å². The van der Waals surface area contributed by atoms with E-state index in [0.717, 1.165) is 5.56 Å². The van der Waals surface area contributed by atoms with Crippen LogP contribution in [-0.4, -0.2) is 36.0 Å². The van der Waals surface area contributed by atoms with Crippen LogP contribution in [0.5, 0.6) is 0 Å². The summed E-state index contributed by atoms with van der Waals surface area (Å²) in [7, 11) is -3.36. The van der Waals surface area contributed by atoms with Gasteiger partial charge in [-0.25, -0.2) is 8.42 Å². The Morgan fingerprint density at radius 1 is 1.00 bits per heavy atom. The topological polar surface area (TPSA) is 57.6 Å². The lowest BCUT2D eigenvalue weighted by Gasteiger charge is -2.45. The van der Waals surface area contributed by atoms with E-state index < -0.39 is 10.0 Å². The third kappa shape index (κ3) is 0.978. The quantitative estimate of drug-likeness (QED) is 0.861. The van der Waals surface area contributed by atoms with Gasteiger partial charge in [-0.15, -0.1) is 0 Å². The SMILES string of the molecule is Cc1ccc(S(=O)(=O)N2C3C4C5C(O)C3C2C54)cc1. The first-order valence-corrected chi connectivity index (χ1v) is 8.26. The number of rotatable bonds is 2. The van der Waals surface area contributed by atoms with Crippen molar-refractivity contribution in [3.63, 3.8) is 0 Å². The fourth-order valence-electron chi connectivity index (χ4n) is 5.06. The lowest BCUT2D eigenvalue weighted by molar-refractivity contribution is 0.0264. The Hall–Kier alpha value is -0.910. The molecule has 6 bridgehead atoms. The van der Waals surface area contributed by atoms with Gasteiger partial charge in [-0.1, -0.05) is 17.7 Å². The highest BCUT2D eigenvalue weighted by Gasteiger charge is 2.88. The van der Waals surface area contributed by atoms with E-state index >= 15 is 0 Å². The Kier molecular flexibility index (Phi) is 1.65. The van der Waals surface area contributed by atoms with Crippen LogP contribution in [0.1, 0.15) is 5.56 Å². The monoisotopic (exact) mass is 277 g/mol. The lowest BCUT2D eigenvalue weighted by atomic mass is 9.92. The molecule has 6 aliphatic rings. The van der Waals surface area contributed by atoms with Crippen LogP contribution in [0.4, 0.5) is 0 Å². The highest BCUT2D eigenvalue weighted by molar-refractivity contribution is 7.89. The van der Waals surface area contributed by atoms with Crippen LogP contribution < -0.4 is 0 Å². The molecule has 19 heavy (non-hydrogen) atoms. The van der Waals surface area contributed by atoms with E-state index in [9.17, 15) is 13.5 Å². The Bertz CT molecular complexity index is 665. The van der Waals surface area contributed by atoms with Gasteiger partial charge in [0.2, 0.25) is 10.0 Å². The molecule has 100 valence electrons. The van der Waals surface area contributed by atoms with Crippen LogP contribution >= 0.6 is 0 Å². The molecule has 0 aromatic heterocycles. The zero-order chi connectivity index (χ0) is 13.1. The van der Waals surface area contributed by atoms with Crippen molar-refractivity contribution in [1.29, 1.82) is 0 Å². The molecule has 2 saturated heterocycles. The summed E-state index contributed by atoms with van der Waals surface area (Å²) in [4.78, 5) is 0.390. The number of benzene rings is 1. The molecule has 1 aromatic rings. The first-order chi connectivity index (χ1) is 9.03. The van der Waals surface area contributed by atoms with Crippen molar-refractivity contribution in [2.45, 2.75) is 30.0 Å². The van der Waals surface area contributed by atoms with Crippen molar-refractivity contribution in [1.82, 2.24) is 4.31 Å². The maximum absolute atomic E-state index is 12.7. The van der Waals surface area contributed by atoms with Gasteiger partial charge in [-0.05, 0) is 36.8 Å². The molecule has 7 rings (SSSR count). The Balaban J connectivity index is 1.54. The third-order valence-corrected chi connectivity index (χ3v) is 7.65. The molecule has 0 spiro atoms. The molecule has 2 aliphatic heterocycles. The number of nitrogens with zero attached hydrogens (tertiary/aromatic N) is 1. The zero-order valence-corrected chi connectivity index (χ0v) is 11.3. The largest absolute Gasteiger partial charge is 0.392 e. The van der Waals surface area contributed by atoms with Crippen molar-refractivity contribution in [3.05, 3.63) is 29.8 Å². The summed E-state index contributed by atoms with van der Waals surface area (Å²) in [5.41, 5.74) is 1.06. The van der Waals surface area contributed by atoms with Crippen LogP contribution in [0.15, 0.2) is 29.2 Å². The van der Waals surface area contributed by atoms with Gasteiger partial charge in [0.05, 0.1) is 11.0 Å². The Morgan fingerprint density at radius 3 is 2.05 bits per heavy atom. The van der Waals surface area contributed by atoms with E-state index in [-0.39, 0.29) is 24.1 Å². The van der Waals surface area contributed by atoms with Crippen molar-refractivity contribution in [2.75, 3.05) is 0 Å². The summed E-state index contributed by atoms with van der Waals surface area (Å²) in [6.45, 7) is 1.95. The minimum atomic E-state index is -3.36. The molecule has 2 heterocycles. The van der Waals surface area contributed by atoms with Crippen molar-refractivity contribution < 1.29 is 13.5 Å². The molecule has 1 aromatic carbocycles. The summed E-state index contributed by atoms with van der Waals surface area (Å²) < 4.78 is 27.0. The van der Waals surface area contributed by atoms with Crippen molar-refractivity contribution in [2.24, 2.45) is 23.7 Å². The van der Waals surface area contributed by atoms with Crippen LogP contribution in [0.3, 0.4) is 0 Å². The number of hydrogen-bond acceptors (Lipinski definition) is 3. The molecule has 1 N–H and O–H groups in total. The minimum Gasteiger partial charge on any atom is -0.392 e. The predicted molar refractivity (Wildman–Crippen MR) is 67.7 cm³/mol. The standard InChI is InChI=1S/C14H15NO3S/c1-6-2-4-7(5-3-6)19(17,18)15-12-8-9-10(8)14(16)11(12)13(9)15/h2-5,8-14,16H,1H3. The van der Waals surface area contributed by atoms with Gasteiger partial charge in [-0.3, -0.25) is 0 Å². The Morgan fingerprint density at radius 2 is 1.58 bits per heavy atom. The van der Waals surface area contributed by atoms with Gasteiger partial charge in [0, 0.05) is 18.0 Å². The number of hydrogen-bond donors (Lipinski definition) is 1. The number of aliphatic hydroxyl groups is 1. The van der Waals surface area contributed by atoms with E-state index in [0.29, 0.717) is 22.6 Å². The average molecular weight is 277 g/mol. The van der Waals surface area contributed by atoms with Gasteiger partial charge in [0.1, 0.15) is 0 Å². The minimum absolute atomic E-state index is 0.0845. The van der Waals surface area contributed by atoms with E-state index in [1.807, 2.05) is 19.1 Å². The number of piperidine rings is 1. The molecule has 6 fully saturated rings. The Labute approximate surface area is 112 Å². The molecule has 4 saturated carbocycles.